The van der Waals surface area contributed by atoms with E-state index in [0.29, 0.717) is 28.9 Å². The maximum Gasteiger partial charge on any atom is 0.279 e. The minimum absolute atomic E-state index is 0.0810. The molecule has 2 aromatic carbocycles. The van der Waals surface area contributed by atoms with E-state index < -0.39 is 0 Å². The van der Waals surface area contributed by atoms with E-state index in [9.17, 15) is 4.79 Å². The summed E-state index contributed by atoms with van der Waals surface area (Å²) in [6.07, 6.45) is 0. The summed E-state index contributed by atoms with van der Waals surface area (Å²) in [6.45, 7) is 0.979. The van der Waals surface area contributed by atoms with Gasteiger partial charge in [-0.1, -0.05) is 41.4 Å². The minimum Gasteiger partial charge on any atom is -0.326 e. The molecule has 25 heavy (non-hydrogen) atoms. The Morgan fingerprint density at radius 3 is 2.72 bits per heavy atom. The van der Waals surface area contributed by atoms with E-state index in [-0.39, 0.29) is 5.91 Å². The summed E-state index contributed by atoms with van der Waals surface area (Å²) in [5, 5.41) is 12.7. The second-order valence-corrected chi connectivity index (χ2v) is 7.38. The van der Waals surface area contributed by atoms with Gasteiger partial charge in [-0.15, -0.1) is 11.8 Å². The van der Waals surface area contributed by atoms with Gasteiger partial charge in [-0.3, -0.25) is 4.79 Å². The molecule has 0 aliphatic heterocycles. The maximum atomic E-state index is 12.3. The van der Waals surface area contributed by atoms with Crippen molar-refractivity contribution in [3.8, 4) is 6.07 Å². The topological polar surface area (TPSA) is 57.3 Å². The van der Waals surface area contributed by atoms with E-state index in [1.54, 1.807) is 6.07 Å². The fourth-order valence-corrected chi connectivity index (χ4v) is 3.32. The summed E-state index contributed by atoms with van der Waals surface area (Å²) in [7, 11) is 1.94. The first-order valence-electron chi connectivity index (χ1n) is 7.63. The van der Waals surface area contributed by atoms with Gasteiger partial charge in [0.1, 0.15) is 6.54 Å². The van der Waals surface area contributed by atoms with E-state index in [0.717, 1.165) is 21.0 Å². The Labute approximate surface area is 161 Å². The van der Waals surface area contributed by atoms with Gasteiger partial charge in [0, 0.05) is 10.5 Å². The first kappa shape index (κ1) is 19.6. The molecule has 2 rings (SSSR count). The number of hydrogen-bond acceptors (Lipinski definition) is 3. The number of amides is 1. The second-order valence-electron chi connectivity index (χ2n) is 5.55. The highest BCUT2D eigenvalue weighted by Gasteiger charge is 2.13. The molecule has 0 spiro atoms. The third-order valence-electron chi connectivity index (χ3n) is 3.41. The number of nitrogens with one attached hydrogen (secondary N) is 2. The van der Waals surface area contributed by atoms with Crippen LogP contribution >= 0.6 is 35.0 Å². The number of para-hydroxylation sites is 1. The molecule has 0 saturated heterocycles. The van der Waals surface area contributed by atoms with E-state index in [1.807, 2.05) is 43.4 Å². The molecule has 4 nitrogen and oxygen atoms in total. The fourth-order valence-electron chi connectivity index (χ4n) is 2.33. The molecular formula is C18H18Cl2N3OS+. The maximum absolute atomic E-state index is 12.3. The Bertz CT molecular complexity index is 792. The average molecular weight is 395 g/mol. The molecular weight excluding hydrogens is 377 g/mol. The number of thioether (sulfide) groups is 1. The molecule has 0 bridgehead atoms. The molecule has 0 aromatic heterocycles. The monoisotopic (exact) mass is 394 g/mol. The van der Waals surface area contributed by atoms with Crippen LogP contribution in [0, 0.1) is 11.3 Å². The summed E-state index contributed by atoms with van der Waals surface area (Å²) in [5.41, 5.74) is 1.75. The zero-order chi connectivity index (χ0) is 18.2. The van der Waals surface area contributed by atoms with Crippen LogP contribution in [-0.4, -0.2) is 25.3 Å². The molecule has 0 saturated carbocycles. The van der Waals surface area contributed by atoms with Crippen LogP contribution in [0.4, 0.5) is 5.69 Å². The number of carbonyl (C=O) groups excluding carboxylic acids is 1. The molecule has 130 valence electrons. The van der Waals surface area contributed by atoms with Gasteiger partial charge in [-0.25, -0.2) is 0 Å². The highest BCUT2D eigenvalue weighted by atomic mass is 35.5. The van der Waals surface area contributed by atoms with Crippen molar-refractivity contribution in [1.82, 2.24) is 0 Å². The van der Waals surface area contributed by atoms with Crippen LogP contribution in [0.15, 0.2) is 47.4 Å². The SMILES string of the molecule is C[NH+](CC(=O)Nc1ccccc1SCC#N)Cc1ccc(Cl)c(Cl)c1. The number of quaternary nitrogens is 1. The zero-order valence-corrected chi connectivity index (χ0v) is 16.0. The van der Waals surface area contributed by atoms with Crippen LogP contribution in [0.2, 0.25) is 10.0 Å². The van der Waals surface area contributed by atoms with Crippen LogP contribution in [0.1, 0.15) is 5.56 Å². The van der Waals surface area contributed by atoms with Gasteiger partial charge < -0.3 is 10.2 Å². The van der Waals surface area contributed by atoms with E-state index in [4.69, 9.17) is 28.5 Å². The lowest BCUT2D eigenvalue weighted by Gasteiger charge is -2.15. The lowest BCUT2D eigenvalue weighted by Crippen LogP contribution is -3.08. The van der Waals surface area contributed by atoms with Crippen molar-refractivity contribution in [2.24, 2.45) is 0 Å². The minimum atomic E-state index is -0.0810. The molecule has 7 heteroatoms. The van der Waals surface area contributed by atoms with Crippen LogP contribution in [0.3, 0.4) is 0 Å². The number of rotatable bonds is 7. The molecule has 2 N–H and O–H groups in total. The Morgan fingerprint density at radius 1 is 1.24 bits per heavy atom. The van der Waals surface area contributed by atoms with Gasteiger partial charge in [-0.2, -0.15) is 5.26 Å². The van der Waals surface area contributed by atoms with Crippen LogP contribution in [0.25, 0.3) is 0 Å². The number of anilines is 1. The summed E-state index contributed by atoms with van der Waals surface area (Å²) < 4.78 is 0. The average Bonchev–Trinajstić information content (AvgIpc) is 2.57. The summed E-state index contributed by atoms with van der Waals surface area (Å²) in [4.78, 5) is 14.2. The lowest BCUT2D eigenvalue weighted by molar-refractivity contribution is -0.885. The third-order valence-corrected chi connectivity index (χ3v) is 5.09. The second kappa shape index (κ2) is 9.69. The van der Waals surface area contributed by atoms with Crippen molar-refractivity contribution in [2.75, 3.05) is 24.7 Å². The van der Waals surface area contributed by atoms with Crippen LogP contribution in [0.5, 0.6) is 0 Å². The Morgan fingerprint density at radius 2 is 2.00 bits per heavy atom. The number of nitriles is 1. The Hall–Kier alpha value is -1.71. The van der Waals surface area contributed by atoms with E-state index in [2.05, 4.69) is 11.4 Å². The summed E-state index contributed by atoms with van der Waals surface area (Å²) in [6, 6.07) is 15.1. The number of hydrogen-bond donors (Lipinski definition) is 2. The predicted molar refractivity (Wildman–Crippen MR) is 103 cm³/mol. The van der Waals surface area contributed by atoms with Crippen LogP contribution in [-0.2, 0) is 11.3 Å². The van der Waals surface area contributed by atoms with Crippen molar-refractivity contribution in [2.45, 2.75) is 11.4 Å². The molecule has 0 fully saturated rings. The molecule has 0 aliphatic rings. The molecule has 0 aliphatic carbocycles. The van der Waals surface area contributed by atoms with Crippen molar-refractivity contribution in [1.29, 1.82) is 5.26 Å². The van der Waals surface area contributed by atoms with E-state index >= 15 is 0 Å². The number of carbonyl (C=O) groups is 1. The van der Waals surface area contributed by atoms with Gasteiger partial charge in [-0.05, 0) is 24.3 Å². The largest absolute Gasteiger partial charge is 0.326 e. The molecule has 2 aromatic rings. The number of nitrogens with zero attached hydrogens (tertiary/aromatic N) is 1. The summed E-state index contributed by atoms with van der Waals surface area (Å²) in [5.74, 6) is 0.262. The van der Waals surface area contributed by atoms with Gasteiger partial charge >= 0.3 is 0 Å². The standard InChI is InChI=1S/C18H17Cl2N3OS/c1-23(11-13-6-7-14(19)15(20)10-13)12-18(24)22-16-4-2-3-5-17(16)25-9-8-21/h2-7,10H,9,11-12H2,1H3,(H,22,24)/p+1. The third kappa shape index (κ3) is 6.26. The highest BCUT2D eigenvalue weighted by Crippen LogP contribution is 2.26. The normalized spacial score (nSPS) is 11.6. The van der Waals surface area contributed by atoms with Crippen molar-refractivity contribution in [3.63, 3.8) is 0 Å². The van der Waals surface area contributed by atoms with E-state index in [1.165, 1.54) is 11.8 Å². The first-order valence-corrected chi connectivity index (χ1v) is 9.37. The van der Waals surface area contributed by atoms with Gasteiger partial charge in [0.2, 0.25) is 0 Å². The predicted octanol–water partition coefficient (Wildman–Crippen LogP) is 3.26. The van der Waals surface area contributed by atoms with Gasteiger partial charge in [0.05, 0.1) is 34.6 Å². The molecule has 1 amide bonds. The summed E-state index contributed by atoms with van der Waals surface area (Å²) >= 11 is 13.3. The molecule has 0 heterocycles. The quantitative estimate of drug-likeness (QED) is 0.708. The number of halogens is 2. The highest BCUT2D eigenvalue weighted by molar-refractivity contribution is 7.99. The number of benzene rings is 2. The van der Waals surface area contributed by atoms with Gasteiger partial charge in [0.25, 0.3) is 5.91 Å². The van der Waals surface area contributed by atoms with Crippen molar-refractivity contribution in [3.05, 3.63) is 58.1 Å². The lowest BCUT2D eigenvalue weighted by atomic mass is 10.2. The van der Waals surface area contributed by atoms with Crippen LogP contribution < -0.4 is 10.2 Å². The Balaban J connectivity index is 1.93. The fraction of sp³-hybridized carbons (Fsp3) is 0.222. The number of likely N-dealkylation sites (N-methyl/N-ethyl adjacent to an activating group) is 1. The smallest absolute Gasteiger partial charge is 0.279 e. The van der Waals surface area contributed by atoms with Gasteiger partial charge in [0.15, 0.2) is 6.54 Å². The zero-order valence-electron chi connectivity index (χ0n) is 13.7. The van der Waals surface area contributed by atoms with Crippen molar-refractivity contribution < 1.29 is 9.69 Å². The first-order chi connectivity index (χ1) is 12.0. The molecule has 1 atom stereocenters. The molecule has 1 unspecified atom stereocenters. The van der Waals surface area contributed by atoms with Crippen molar-refractivity contribution >= 4 is 46.6 Å². The Kier molecular flexibility index (Phi) is 7.60. The molecule has 0 radical (unpaired) electrons.